The van der Waals surface area contributed by atoms with Gasteiger partial charge in [0.15, 0.2) is 5.82 Å². The Morgan fingerprint density at radius 1 is 1.33 bits per heavy atom. The van der Waals surface area contributed by atoms with Gasteiger partial charge in [0, 0.05) is 13.1 Å². The van der Waals surface area contributed by atoms with Crippen molar-refractivity contribution in [1.29, 1.82) is 0 Å². The third kappa shape index (κ3) is 4.08. The molecular weight excluding hydrogens is 296 g/mol. The van der Waals surface area contributed by atoms with Crippen LogP contribution in [0, 0.1) is 0 Å². The van der Waals surface area contributed by atoms with Crippen LogP contribution in [0.15, 0.2) is 10.8 Å². The van der Waals surface area contributed by atoms with Crippen LogP contribution in [0.5, 0.6) is 0 Å². The maximum Gasteiger partial charge on any atom is 0.159 e. The van der Waals surface area contributed by atoms with Gasteiger partial charge in [-0.3, -0.25) is 0 Å². The number of rotatable bonds is 7. The summed E-state index contributed by atoms with van der Waals surface area (Å²) in [6.45, 7) is 5.02. The molecular formula is C11H21BrN6. The Balaban J connectivity index is 2.75. The molecule has 1 aromatic rings. The fourth-order valence-corrected chi connectivity index (χ4v) is 2.24. The molecule has 1 heterocycles. The lowest BCUT2D eigenvalue weighted by Crippen LogP contribution is -2.28. The first kappa shape index (κ1) is 15.1. The van der Waals surface area contributed by atoms with E-state index in [-0.39, 0.29) is 0 Å². The van der Waals surface area contributed by atoms with E-state index >= 15 is 0 Å². The topological polar surface area (TPSA) is 70.3 Å². The number of hydrogen-bond acceptors (Lipinski definition) is 6. The van der Waals surface area contributed by atoms with Crippen LogP contribution in [-0.2, 0) is 0 Å². The van der Waals surface area contributed by atoms with Gasteiger partial charge in [-0.15, -0.1) is 0 Å². The molecule has 102 valence electrons. The summed E-state index contributed by atoms with van der Waals surface area (Å²) >= 11 is 3.48. The first-order chi connectivity index (χ1) is 8.60. The van der Waals surface area contributed by atoms with E-state index in [1.807, 2.05) is 0 Å². The smallest absolute Gasteiger partial charge is 0.159 e. The van der Waals surface area contributed by atoms with Crippen LogP contribution in [-0.4, -0.2) is 48.6 Å². The van der Waals surface area contributed by atoms with Crippen molar-refractivity contribution in [2.45, 2.75) is 13.3 Å². The largest absolute Gasteiger partial charge is 0.356 e. The average Bonchev–Trinajstić information content (AvgIpc) is 2.35. The van der Waals surface area contributed by atoms with E-state index in [1.54, 1.807) is 0 Å². The quantitative estimate of drug-likeness (QED) is 0.584. The lowest BCUT2D eigenvalue weighted by atomic mass is 10.3. The summed E-state index contributed by atoms with van der Waals surface area (Å²) in [5.41, 5.74) is 2.56. The second-order valence-electron chi connectivity index (χ2n) is 4.24. The van der Waals surface area contributed by atoms with E-state index in [4.69, 9.17) is 5.84 Å². The molecule has 0 amide bonds. The van der Waals surface area contributed by atoms with Crippen molar-refractivity contribution in [2.75, 3.05) is 44.1 Å². The van der Waals surface area contributed by atoms with Gasteiger partial charge in [-0.05, 0) is 49.9 Å². The Morgan fingerprint density at radius 3 is 2.61 bits per heavy atom. The first-order valence-electron chi connectivity index (χ1n) is 5.97. The SMILES string of the molecule is CCN(CCCN(C)C)c1ncnc(NN)c1Br. The van der Waals surface area contributed by atoms with Gasteiger partial charge in [-0.1, -0.05) is 0 Å². The molecule has 0 aromatic carbocycles. The Labute approximate surface area is 117 Å². The zero-order chi connectivity index (χ0) is 13.5. The molecule has 0 unspecified atom stereocenters. The van der Waals surface area contributed by atoms with Crippen molar-refractivity contribution in [1.82, 2.24) is 14.9 Å². The third-order valence-electron chi connectivity index (χ3n) is 2.62. The minimum atomic E-state index is 0.603. The minimum Gasteiger partial charge on any atom is -0.356 e. The fourth-order valence-electron chi connectivity index (χ4n) is 1.67. The molecule has 0 fully saturated rings. The van der Waals surface area contributed by atoms with Gasteiger partial charge in [0.25, 0.3) is 0 Å². The molecule has 0 saturated heterocycles. The monoisotopic (exact) mass is 316 g/mol. The summed E-state index contributed by atoms with van der Waals surface area (Å²) in [4.78, 5) is 12.7. The summed E-state index contributed by atoms with van der Waals surface area (Å²) in [5, 5.41) is 0. The molecule has 1 rings (SSSR count). The maximum absolute atomic E-state index is 5.41. The van der Waals surface area contributed by atoms with Crippen molar-refractivity contribution in [3.63, 3.8) is 0 Å². The highest BCUT2D eigenvalue weighted by atomic mass is 79.9. The number of anilines is 2. The summed E-state index contributed by atoms with van der Waals surface area (Å²) in [6.07, 6.45) is 2.60. The van der Waals surface area contributed by atoms with Crippen LogP contribution in [0.3, 0.4) is 0 Å². The minimum absolute atomic E-state index is 0.603. The number of nitrogens with zero attached hydrogens (tertiary/aromatic N) is 4. The molecule has 0 aliphatic carbocycles. The normalized spacial score (nSPS) is 10.8. The van der Waals surface area contributed by atoms with E-state index in [1.165, 1.54) is 6.33 Å². The number of hydrazine groups is 1. The molecule has 7 heteroatoms. The molecule has 6 nitrogen and oxygen atoms in total. The van der Waals surface area contributed by atoms with Gasteiger partial charge < -0.3 is 15.2 Å². The van der Waals surface area contributed by atoms with Gasteiger partial charge >= 0.3 is 0 Å². The predicted molar refractivity (Wildman–Crippen MR) is 78.6 cm³/mol. The van der Waals surface area contributed by atoms with Crippen LogP contribution in [0.4, 0.5) is 11.6 Å². The predicted octanol–water partition coefficient (Wildman–Crippen LogP) is 1.30. The van der Waals surface area contributed by atoms with Crippen molar-refractivity contribution in [2.24, 2.45) is 5.84 Å². The lowest BCUT2D eigenvalue weighted by Gasteiger charge is -2.24. The van der Waals surface area contributed by atoms with E-state index in [0.717, 1.165) is 36.3 Å². The standard InChI is InChI=1S/C11H21BrN6/c1-4-18(7-5-6-17(2)3)11-9(12)10(16-13)14-8-15-11/h8H,4-7,13H2,1-3H3,(H,14,15,16). The maximum atomic E-state index is 5.41. The van der Waals surface area contributed by atoms with Crippen LogP contribution >= 0.6 is 15.9 Å². The molecule has 0 spiro atoms. The average molecular weight is 317 g/mol. The number of nitrogen functional groups attached to an aromatic ring is 1. The Bertz CT molecular complexity index is 371. The summed E-state index contributed by atoms with van der Waals surface area (Å²) in [5.74, 6) is 6.88. The van der Waals surface area contributed by atoms with Crippen molar-refractivity contribution in [3.05, 3.63) is 10.8 Å². The Hall–Kier alpha value is -0.920. The van der Waals surface area contributed by atoms with E-state index in [2.05, 4.69) is 62.1 Å². The number of halogens is 1. The second-order valence-corrected chi connectivity index (χ2v) is 5.03. The highest BCUT2D eigenvalue weighted by molar-refractivity contribution is 9.10. The van der Waals surface area contributed by atoms with E-state index in [9.17, 15) is 0 Å². The fraction of sp³-hybridized carbons (Fsp3) is 0.636. The number of hydrogen-bond donors (Lipinski definition) is 2. The van der Waals surface area contributed by atoms with E-state index < -0.39 is 0 Å². The van der Waals surface area contributed by atoms with Gasteiger partial charge in [0.2, 0.25) is 0 Å². The molecule has 18 heavy (non-hydrogen) atoms. The van der Waals surface area contributed by atoms with Gasteiger partial charge in [0.1, 0.15) is 16.6 Å². The highest BCUT2D eigenvalue weighted by Crippen LogP contribution is 2.28. The van der Waals surface area contributed by atoms with Crippen LogP contribution < -0.4 is 16.2 Å². The highest BCUT2D eigenvalue weighted by Gasteiger charge is 2.13. The van der Waals surface area contributed by atoms with Crippen molar-refractivity contribution in [3.8, 4) is 0 Å². The van der Waals surface area contributed by atoms with Gasteiger partial charge in [-0.2, -0.15) is 0 Å². The molecule has 3 N–H and O–H groups in total. The Kier molecular flexibility index (Phi) is 6.31. The molecule has 0 bridgehead atoms. The number of nitrogens with one attached hydrogen (secondary N) is 1. The van der Waals surface area contributed by atoms with Crippen LogP contribution in [0.1, 0.15) is 13.3 Å². The van der Waals surface area contributed by atoms with E-state index in [0.29, 0.717) is 5.82 Å². The first-order valence-corrected chi connectivity index (χ1v) is 6.76. The molecule has 0 aliphatic rings. The lowest BCUT2D eigenvalue weighted by molar-refractivity contribution is 0.400. The second kappa shape index (κ2) is 7.50. The molecule has 0 atom stereocenters. The van der Waals surface area contributed by atoms with Gasteiger partial charge in [0.05, 0.1) is 0 Å². The third-order valence-corrected chi connectivity index (χ3v) is 3.35. The summed E-state index contributed by atoms with van der Waals surface area (Å²) in [6, 6.07) is 0. The molecule has 1 aromatic heterocycles. The molecule has 0 saturated carbocycles. The van der Waals surface area contributed by atoms with Crippen molar-refractivity contribution >= 4 is 27.6 Å². The molecule has 0 radical (unpaired) electrons. The number of nitrogens with two attached hydrogens (primary N) is 1. The van der Waals surface area contributed by atoms with Gasteiger partial charge in [-0.25, -0.2) is 15.8 Å². The summed E-state index contributed by atoms with van der Waals surface area (Å²) < 4.78 is 0.805. The number of aromatic nitrogens is 2. The van der Waals surface area contributed by atoms with Crippen LogP contribution in [0.2, 0.25) is 0 Å². The van der Waals surface area contributed by atoms with Crippen LogP contribution in [0.25, 0.3) is 0 Å². The molecule has 0 aliphatic heterocycles. The Morgan fingerprint density at radius 2 is 2.06 bits per heavy atom. The zero-order valence-corrected chi connectivity index (χ0v) is 12.7. The zero-order valence-electron chi connectivity index (χ0n) is 11.1. The summed E-state index contributed by atoms with van der Waals surface area (Å²) in [7, 11) is 4.15. The van der Waals surface area contributed by atoms with Crippen molar-refractivity contribution < 1.29 is 0 Å².